The molecule has 0 saturated carbocycles. The zero-order valence-corrected chi connectivity index (χ0v) is 10.1. The summed E-state index contributed by atoms with van der Waals surface area (Å²) < 4.78 is 4.98. The lowest BCUT2D eigenvalue weighted by Crippen LogP contribution is -2.28. The van der Waals surface area contributed by atoms with Crippen molar-refractivity contribution >= 4 is 16.7 Å². The maximum absolute atomic E-state index is 11.2. The minimum atomic E-state index is -1.67. The van der Waals surface area contributed by atoms with Crippen molar-refractivity contribution in [2.24, 2.45) is 0 Å². The van der Waals surface area contributed by atoms with Gasteiger partial charge in [-0.1, -0.05) is 49.0 Å². The van der Waals surface area contributed by atoms with Gasteiger partial charge in [-0.15, -0.1) is 0 Å². The van der Waals surface area contributed by atoms with Crippen LogP contribution in [-0.4, -0.2) is 11.1 Å². The standard InChI is InChI=1S/C15H14O3/c1-3-14(16)18-15(2,17)13-10-6-8-11-7-4-5-9-12(11)13/h3-10,17H,1H2,2H3. The van der Waals surface area contributed by atoms with E-state index in [2.05, 4.69) is 6.58 Å². The Bertz CT molecular complexity index is 594. The van der Waals surface area contributed by atoms with Gasteiger partial charge in [-0.2, -0.15) is 0 Å². The number of fused-ring (bicyclic) bond motifs is 1. The molecular weight excluding hydrogens is 228 g/mol. The molecular formula is C15H14O3. The highest BCUT2D eigenvalue weighted by Gasteiger charge is 2.28. The molecule has 0 bridgehead atoms. The van der Waals surface area contributed by atoms with Gasteiger partial charge in [0.1, 0.15) is 0 Å². The molecule has 0 aliphatic rings. The summed E-state index contributed by atoms with van der Waals surface area (Å²) in [5.41, 5.74) is 0.552. The van der Waals surface area contributed by atoms with Crippen LogP contribution in [0.4, 0.5) is 0 Å². The Balaban J connectivity index is 2.53. The van der Waals surface area contributed by atoms with Crippen LogP contribution in [0, 0.1) is 0 Å². The summed E-state index contributed by atoms with van der Waals surface area (Å²) in [5.74, 6) is -2.33. The second-order valence-corrected chi connectivity index (χ2v) is 4.13. The SMILES string of the molecule is C=CC(=O)OC(C)(O)c1cccc2ccccc12. The topological polar surface area (TPSA) is 46.5 Å². The van der Waals surface area contributed by atoms with Crippen LogP contribution < -0.4 is 0 Å². The largest absolute Gasteiger partial charge is 0.426 e. The zero-order chi connectivity index (χ0) is 13.2. The van der Waals surface area contributed by atoms with Crippen molar-refractivity contribution < 1.29 is 14.6 Å². The number of ether oxygens (including phenoxy) is 1. The molecule has 1 unspecified atom stereocenters. The fourth-order valence-electron chi connectivity index (χ4n) is 1.92. The van der Waals surface area contributed by atoms with E-state index in [-0.39, 0.29) is 0 Å². The lowest BCUT2D eigenvalue weighted by Gasteiger charge is -2.24. The molecule has 0 aromatic heterocycles. The van der Waals surface area contributed by atoms with E-state index < -0.39 is 11.8 Å². The van der Waals surface area contributed by atoms with Crippen molar-refractivity contribution in [2.45, 2.75) is 12.7 Å². The van der Waals surface area contributed by atoms with E-state index in [0.29, 0.717) is 5.56 Å². The molecule has 0 saturated heterocycles. The first kappa shape index (κ1) is 12.3. The van der Waals surface area contributed by atoms with E-state index in [1.165, 1.54) is 6.92 Å². The van der Waals surface area contributed by atoms with Gasteiger partial charge in [0.05, 0.1) is 0 Å². The summed E-state index contributed by atoms with van der Waals surface area (Å²) in [6.45, 7) is 4.76. The first-order valence-electron chi connectivity index (χ1n) is 5.60. The summed E-state index contributed by atoms with van der Waals surface area (Å²) in [6.07, 6.45) is 1.03. The van der Waals surface area contributed by atoms with Gasteiger partial charge in [0.2, 0.25) is 5.79 Å². The highest BCUT2D eigenvalue weighted by atomic mass is 16.7. The van der Waals surface area contributed by atoms with Gasteiger partial charge < -0.3 is 9.84 Å². The molecule has 0 aliphatic carbocycles. The summed E-state index contributed by atoms with van der Waals surface area (Å²) in [6, 6.07) is 13.1. The van der Waals surface area contributed by atoms with Crippen LogP contribution in [-0.2, 0) is 15.3 Å². The van der Waals surface area contributed by atoms with Crippen molar-refractivity contribution in [3.63, 3.8) is 0 Å². The van der Waals surface area contributed by atoms with E-state index in [0.717, 1.165) is 16.8 Å². The number of esters is 1. The van der Waals surface area contributed by atoms with Crippen molar-refractivity contribution in [3.8, 4) is 0 Å². The number of carbonyl (C=O) groups excluding carboxylic acids is 1. The minimum absolute atomic E-state index is 0.552. The number of hydrogen-bond acceptors (Lipinski definition) is 3. The zero-order valence-electron chi connectivity index (χ0n) is 10.1. The number of carbonyl (C=O) groups is 1. The summed E-state index contributed by atoms with van der Waals surface area (Å²) in [5, 5.41) is 12.1. The summed E-state index contributed by atoms with van der Waals surface area (Å²) in [7, 11) is 0. The second kappa shape index (κ2) is 4.63. The van der Waals surface area contributed by atoms with Crippen LogP contribution >= 0.6 is 0 Å². The third-order valence-electron chi connectivity index (χ3n) is 2.76. The molecule has 1 atom stereocenters. The van der Waals surface area contributed by atoms with Gasteiger partial charge >= 0.3 is 5.97 Å². The molecule has 1 N–H and O–H groups in total. The molecule has 0 aliphatic heterocycles. The van der Waals surface area contributed by atoms with Crippen molar-refractivity contribution in [1.82, 2.24) is 0 Å². The maximum atomic E-state index is 11.2. The van der Waals surface area contributed by atoms with Gasteiger partial charge in [0.15, 0.2) is 0 Å². The molecule has 18 heavy (non-hydrogen) atoms. The Morgan fingerprint density at radius 1 is 1.28 bits per heavy atom. The van der Waals surface area contributed by atoms with Gasteiger partial charge in [0.25, 0.3) is 0 Å². The number of rotatable bonds is 3. The van der Waals surface area contributed by atoms with Crippen LogP contribution in [0.15, 0.2) is 55.1 Å². The van der Waals surface area contributed by atoms with E-state index in [9.17, 15) is 9.90 Å². The predicted molar refractivity (Wildman–Crippen MR) is 69.8 cm³/mol. The average molecular weight is 242 g/mol. The Hall–Kier alpha value is -2.13. The van der Waals surface area contributed by atoms with Gasteiger partial charge in [-0.3, -0.25) is 0 Å². The van der Waals surface area contributed by atoms with E-state index in [4.69, 9.17) is 4.74 Å². The molecule has 2 aromatic carbocycles. The molecule has 0 spiro atoms. The number of hydrogen-bond donors (Lipinski definition) is 1. The smallest absolute Gasteiger partial charge is 0.332 e. The molecule has 2 rings (SSSR count). The third-order valence-corrected chi connectivity index (χ3v) is 2.76. The number of benzene rings is 2. The van der Waals surface area contributed by atoms with Crippen LogP contribution in [0.2, 0.25) is 0 Å². The monoisotopic (exact) mass is 242 g/mol. The molecule has 0 amide bonds. The highest BCUT2D eigenvalue weighted by Crippen LogP contribution is 2.29. The molecule has 0 fully saturated rings. The first-order chi connectivity index (χ1) is 8.54. The fraction of sp³-hybridized carbons (Fsp3) is 0.133. The first-order valence-corrected chi connectivity index (χ1v) is 5.60. The average Bonchev–Trinajstić information content (AvgIpc) is 2.37. The molecule has 3 heteroatoms. The minimum Gasteiger partial charge on any atom is -0.426 e. The molecule has 92 valence electrons. The van der Waals surface area contributed by atoms with Gasteiger partial charge in [-0.05, 0) is 10.8 Å². The maximum Gasteiger partial charge on any atom is 0.332 e. The Labute approximate surface area is 105 Å². The third kappa shape index (κ3) is 2.26. The molecule has 0 radical (unpaired) electrons. The summed E-state index contributed by atoms with van der Waals surface area (Å²) >= 11 is 0. The second-order valence-electron chi connectivity index (χ2n) is 4.13. The molecule has 0 heterocycles. The molecule has 2 aromatic rings. The van der Waals surface area contributed by atoms with Crippen LogP contribution in [0.5, 0.6) is 0 Å². The lowest BCUT2D eigenvalue weighted by atomic mass is 9.99. The Morgan fingerprint density at radius 2 is 1.94 bits per heavy atom. The van der Waals surface area contributed by atoms with Gasteiger partial charge in [-0.25, -0.2) is 4.79 Å². The summed E-state index contributed by atoms with van der Waals surface area (Å²) in [4.78, 5) is 11.2. The van der Waals surface area contributed by atoms with Crippen molar-refractivity contribution in [1.29, 1.82) is 0 Å². The van der Waals surface area contributed by atoms with E-state index in [1.807, 2.05) is 36.4 Å². The van der Waals surface area contributed by atoms with Crippen molar-refractivity contribution in [2.75, 3.05) is 0 Å². The van der Waals surface area contributed by atoms with E-state index >= 15 is 0 Å². The quantitative estimate of drug-likeness (QED) is 0.511. The predicted octanol–water partition coefficient (Wildman–Crippen LogP) is 2.73. The van der Waals surface area contributed by atoms with Crippen LogP contribution in [0.1, 0.15) is 12.5 Å². The van der Waals surface area contributed by atoms with Crippen LogP contribution in [0.25, 0.3) is 10.8 Å². The Kier molecular flexibility index (Phi) is 3.17. The highest BCUT2D eigenvalue weighted by molar-refractivity contribution is 5.87. The van der Waals surface area contributed by atoms with Crippen LogP contribution in [0.3, 0.4) is 0 Å². The van der Waals surface area contributed by atoms with Gasteiger partial charge in [0, 0.05) is 18.6 Å². The lowest BCUT2D eigenvalue weighted by molar-refractivity contribution is -0.201. The Morgan fingerprint density at radius 3 is 2.67 bits per heavy atom. The molecule has 3 nitrogen and oxygen atoms in total. The number of aliphatic hydroxyl groups is 1. The van der Waals surface area contributed by atoms with Crippen molar-refractivity contribution in [3.05, 3.63) is 60.7 Å². The normalized spacial score (nSPS) is 13.9. The van der Waals surface area contributed by atoms with E-state index in [1.54, 1.807) is 6.07 Å². The fourth-order valence-corrected chi connectivity index (χ4v) is 1.92.